The molecule has 2 atom stereocenters. The summed E-state index contributed by atoms with van der Waals surface area (Å²) in [4.78, 5) is 39.2. The summed E-state index contributed by atoms with van der Waals surface area (Å²) in [5, 5.41) is 34.6. The maximum Gasteiger partial charge on any atom is 0.252 e. The van der Waals surface area contributed by atoms with Gasteiger partial charge in [0.15, 0.2) is 5.96 Å². The molecule has 3 amide bonds. The Morgan fingerprint density at radius 1 is 0.829 bits per heavy atom. The molecule has 0 fully saturated rings. The van der Waals surface area contributed by atoms with Crippen LogP contribution in [0.2, 0.25) is 0 Å². The van der Waals surface area contributed by atoms with Crippen LogP contribution in [0.1, 0.15) is 29.5 Å². The number of nitrogens with one attached hydrogen (secondary N) is 4. The van der Waals surface area contributed by atoms with E-state index < -0.39 is 29.8 Å². The van der Waals surface area contributed by atoms with Crippen LogP contribution in [-0.4, -0.2) is 52.5 Å². The van der Waals surface area contributed by atoms with Crippen molar-refractivity contribution in [1.82, 2.24) is 16.0 Å². The summed E-state index contributed by atoms with van der Waals surface area (Å²) in [5.74, 6) is -1.98. The van der Waals surface area contributed by atoms with Gasteiger partial charge >= 0.3 is 0 Å². The van der Waals surface area contributed by atoms with E-state index in [-0.39, 0.29) is 42.4 Å². The number of phenols is 2. The quantitative estimate of drug-likeness (QED) is 0.0511. The van der Waals surface area contributed by atoms with Gasteiger partial charge in [0.05, 0.1) is 0 Å². The highest BCUT2D eigenvalue weighted by Crippen LogP contribution is 2.21. The molecule has 0 aliphatic heterocycles. The average molecular weight is 559 g/mol. The van der Waals surface area contributed by atoms with E-state index in [4.69, 9.17) is 16.9 Å². The van der Waals surface area contributed by atoms with Crippen LogP contribution in [-0.2, 0) is 20.8 Å². The molecule has 0 aromatic heterocycles. The monoisotopic (exact) mass is 558 g/mol. The highest BCUT2D eigenvalue weighted by molar-refractivity contribution is 6.24. The zero-order chi connectivity index (χ0) is 29.8. The zero-order valence-corrected chi connectivity index (χ0v) is 22.3. The Labute approximate surface area is 237 Å². The maximum atomic E-state index is 13.6. The maximum absolute atomic E-state index is 13.6. The van der Waals surface area contributed by atoms with Crippen molar-refractivity contribution in [3.05, 3.63) is 95.6 Å². The summed E-state index contributed by atoms with van der Waals surface area (Å²) in [6, 6.07) is 19.3. The van der Waals surface area contributed by atoms with Gasteiger partial charge in [0.2, 0.25) is 11.8 Å². The molecule has 11 nitrogen and oxygen atoms in total. The number of hydrogen-bond acceptors (Lipinski definition) is 6. The molecule has 0 heterocycles. The number of amides is 3. The minimum absolute atomic E-state index is 0.0601. The molecule has 10 N–H and O–H groups in total. The Bertz CT molecular complexity index is 1370. The summed E-state index contributed by atoms with van der Waals surface area (Å²) in [5.41, 5.74) is 13.1. The first kappa shape index (κ1) is 30.2. The van der Waals surface area contributed by atoms with Gasteiger partial charge < -0.3 is 37.6 Å². The third kappa shape index (κ3) is 9.74. The van der Waals surface area contributed by atoms with Gasteiger partial charge in [-0.3, -0.25) is 19.8 Å². The molecule has 0 unspecified atom stereocenters. The van der Waals surface area contributed by atoms with Crippen molar-refractivity contribution >= 4 is 35.3 Å². The molecule has 0 spiro atoms. The van der Waals surface area contributed by atoms with E-state index in [1.165, 1.54) is 24.3 Å². The predicted molar refractivity (Wildman–Crippen MR) is 156 cm³/mol. The number of phenolic OH excluding ortho intramolecular Hbond substituents is 2. The number of guanidine groups is 1. The molecule has 11 heteroatoms. The molecular weight excluding hydrogens is 524 g/mol. The number of nitrogens with two attached hydrogens (primary N) is 2. The molecular formula is C30H34N6O5. The Morgan fingerprint density at radius 2 is 1.44 bits per heavy atom. The second-order valence-corrected chi connectivity index (χ2v) is 9.36. The Balaban J connectivity index is 1.85. The predicted octanol–water partition coefficient (Wildman–Crippen LogP) is 1.60. The van der Waals surface area contributed by atoms with Gasteiger partial charge in [-0.05, 0) is 59.9 Å². The summed E-state index contributed by atoms with van der Waals surface area (Å²) >= 11 is 0. The van der Waals surface area contributed by atoms with Crippen LogP contribution >= 0.6 is 0 Å². The first-order chi connectivity index (χ1) is 19.6. The van der Waals surface area contributed by atoms with E-state index in [1.807, 2.05) is 6.07 Å². The third-order valence-corrected chi connectivity index (χ3v) is 6.18. The van der Waals surface area contributed by atoms with Crippen LogP contribution in [0.4, 0.5) is 0 Å². The first-order valence-electron chi connectivity index (χ1n) is 12.9. The highest BCUT2D eigenvalue weighted by atomic mass is 16.3. The van der Waals surface area contributed by atoms with Crippen LogP contribution in [0.5, 0.6) is 11.5 Å². The average Bonchev–Trinajstić information content (AvgIpc) is 2.95. The fraction of sp³-hybridized carbons (Fsp3) is 0.200. The fourth-order valence-electron chi connectivity index (χ4n) is 4.03. The van der Waals surface area contributed by atoms with Crippen molar-refractivity contribution in [2.75, 3.05) is 6.54 Å². The van der Waals surface area contributed by atoms with E-state index in [0.29, 0.717) is 23.1 Å². The standard InChI is InChI=1S/C30H34N6O5/c31-27(39)26(18-20-10-14-23(38)15-11-20)36-29(41)25(7-4-16-34-30(32)33)35-28(40)24(21-5-2-1-3-6-21)17-19-8-12-22(37)13-9-19/h1-3,5-6,8-15,17,25-26,37-38H,4,7,16,18H2,(H2,31,39)(H,35,40)(H,36,41)(H4,32,33,34)/b24-17+/t25-,26+/m1/s1. The first-order valence-corrected chi connectivity index (χ1v) is 12.9. The number of benzene rings is 3. The van der Waals surface area contributed by atoms with Crippen LogP contribution in [0.3, 0.4) is 0 Å². The van der Waals surface area contributed by atoms with E-state index in [1.54, 1.807) is 54.6 Å². The van der Waals surface area contributed by atoms with E-state index in [9.17, 15) is 24.6 Å². The Hall–Kier alpha value is -5.32. The van der Waals surface area contributed by atoms with Gasteiger partial charge in [0.1, 0.15) is 23.6 Å². The highest BCUT2D eigenvalue weighted by Gasteiger charge is 2.27. The van der Waals surface area contributed by atoms with Crippen molar-refractivity contribution < 1.29 is 24.6 Å². The van der Waals surface area contributed by atoms with Crippen molar-refractivity contribution in [2.24, 2.45) is 11.5 Å². The van der Waals surface area contributed by atoms with Gasteiger partial charge in [0.25, 0.3) is 5.91 Å². The van der Waals surface area contributed by atoms with Crippen LogP contribution < -0.4 is 27.4 Å². The van der Waals surface area contributed by atoms with E-state index in [2.05, 4.69) is 16.0 Å². The van der Waals surface area contributed by atoms with E-state index >= 15 is 0 Å². The third-order valence-electron chi connectivity index (χ3n) is 6.18. The molecule has 214 valence electrons. The normalized spacial score (nSPS) is 12.5. The lowest BCUT2D eigenvalue weighted by Crippen LogP contribution is -2.53. The number of carbonyl (C=O) groups is 3. The molecule has 0 saturated heterocycles. The second-order valence-electron chi connectivity index (χ2n) is 9.36. The minimum Gasteiger partial charge on any atom is -0.508 e. The summed E-state index contributed by atoms with van der Waals surface area (Å²) in [6.07, 6.45) is 2.28. The number of primary amides is 1. The van der Waals surface area contributed by atoms with Crippen LogP contribution in [0.15, 0.2) is 78.9 Å². The molecule has 0 bridgehead atoms. The molecule has 0 radical (unpaired) electrons. The van der Waals surface area contributed by atoms with Crippen LogP contribution in [0.25, 0.3) is 11.6 Å². The van der Waals surface area contributed by atoms with Crippen molar-refractivity contribution in [2.45, 2.75) is 31.3 Å². The number of aromatic hydroxyl groups is 2. The van der Waals surface area contributed by atoms with Gasteiger partial charge in [-0.25, -0.2) is 0 Å². The summed E-state index contributed by atoms with van der Waals surface area (Å²) in [7, 11) is 0. The zero-order valence-electron chi connectivity index (χ0n) is 22.3. The largest absolute Gasteiger partial charge is 0.508 e. The lowest BCUT2D eigenvalue weighted by atomic mass is 10.0. The fourth-order valence-corrected chi connectivity index (χ4v) is 4.03. The molecule has 3 aromatic rings. The van der Waals surface area contributed by atoms with E-state index in [0.717, 1.165) is 0 Å². The molecule has 0 saturated carbocycles. The van der Waals surface area contributed by atoms with Crippen LogP contribution in [0, 0.1) is 5.41 Å². The van der Waals surface area contributed by atoms with Crippen molar-refractivity contribution in [3.8, 4) is 11.5 Å². The summed E-state index contributed by atoms with van der Waals surface area (Å²) < 4.78 is 0. The smallest absolute Gasteiger partial charge is 0.252 e. The van der Waals surface area contributed by atoms with Gasteiger partial charge in [-0.2, -0.15) is 0 Å². The summed E-state index contributed by atoms with van der Waals surface area (Å²) in [6.45, 7) is 0.288. The van der Waals surface area contributed by atoms with Gasteiger partial charge in [-0.1, -0.05) is 54.6 Å². The Kier molecular flexibility index (Phi) is 10.9. The SMILES string of the molecule is N=C(N)NCCC[C@@H](NC(=O)/C(=C/c1ccc(O)cc1)c1ccccc1)C(=O)N[C@@H](Cc1ccc(O)cc1)C(N)=O. The molecule has 41 heavy (non-hydrogen) atoms. The lowest BCUT2D eigenvalue weighted by Gasteiger charge is -2.23. The molecule has 0 aliphatic rings. The lowest BCUT2D eigenvalue weighted by molar-refractivity contribution is -0.130. The van der Waals surface area contributed by atoms with Gasteiger partial charge in [-0.15, -0.1) is 0 Å². The number of carbonyl (C=O) groups excluding carboxylic acids is 3. The molecule has 3 aromatic carbocycles. The number of hydrogen-bond donors (Lipinski definition) is 8. The van der Waals surface area contributed by atoms with Crippen molar-refractivity contribution in [1.29, 1.82) is 5.41 Å². The minimum atomic E-state index is -1.07. The second kappa shape index (κ2) is 14.7. The topological polar surface area (TPSA) is 204 Å². The number of rotatable bonds is 13. The Morgan fingerprint density at radius 3 is 2.02 bits per heavy atom. The molecule has 3 rings (SSSR count). The van der Waals surface area contributed by atoms with Crippen molar-refractivity contribution in [3.63, 3.8) is 0 Å². The van der Waals surface area contributed by atoms with Gasteiger partial charge in [0, 0.05) is 18.5 Å². The molecule has 0 aliphatic carbocycles.